The van der Waals surface area contributed by atoms with Crippen LogP contribution in [0.1, 0.15) is 28.4 Å². The van der Waals surface area contributed by atoms with Crippen LogP contribution in [0.25, 0.3) is 0 Å². The molecule has 2 amide bonds. The van der Waals surface area contributed by atoms with Gasteiger partial charge in [0.05, 0.1) is 6.20 Å². The maximum atomic E-state index is 13.0. The molecule has 0 spiro atoms. The highest BCUT2D eigenvalue weighted by atomic mass is 35.5. The van der Waals surface area contributed by atoms with Gasteiger partial charge < -0.3 is 15.1 Å². The summed E-state index contributed by atoms with van der Waals surface area (Å²) in [4.78, 5) is 29.3. The van der Waals surface area contributed by atoms with Crippen molar-refractivity contribution in [2.75, 3.05) is 33.2 Å². The fourth-order valence-electron chi connectivity index (χ4n) is 3.32. The summed E-state index contributed by atoms with van der Waals surface area (Å²) in [7, 11) is 3.59. The van der Waals surface area contributed by atoms with E-state index in [9.17, 15) is 9.59 Å². The van der Waals surface area contributed by atoms with Gasteiger partial charge in [-0.05, 0) is 37.7 Å². The SMILES string of the molecule is CNC(C(=O)N1CCCN(C(=O)c2ccc(Cl)cc2)CC1)c1cnn(C)c1.Cl. The Bertz CT molecular complexity index is 809. The van der Waals surface area contributed by atoms with Crippen LogP contribution in [-0.2, 0) is 11.8 Å². The fourth-order valence-corrected chi connectivity index (χ4v) is 3.45. The number of likely N-dealkylation sites (N-methyl/N-ethyl adjacent to an activating group) is 1. The van der Waals surface area contributed by atoms with Crippen molar-refractivity contribution in [3.63, 3.8) is 0 Å². The highest BCUT2D eigenvalue weighted by Gasteiger charge is 2.28. The minimum atomic E-state index is -0.433. The number of hydrogen-bond acceptors (Lipinski definition) is 4. The van der Waals surface area contributed by atoms with Crippen LogP contribution in [0.4, 0.5) is 0 Å². The molecule has 152 valence electrons. The summed E-state index contributed by atoms with van der Waals surface area (Å²) in [5.41, 5.74) is 1.45. The first-order chi connectivity index (χ1) is 13.0. The summed E-state index contributed by atoms with van der Waals surface area (Å²) >= 11 is 5.90. The second-order valence-electron chi connectivity index (χ2n) is 6.65. The molecule has 1 unspecified atom stereocenters. The Balaban J connectivity index is 0.00000280. The van der Waals surface area contributed by atoms with Crippen molar-refractivity contribution < 1.29 is 9.59 Å². The largest absolute Gasteiger partial charge is 0.339 e. The zero-order valence-electron chi connectivity index (χ0n) is 16.0. The van der Waals surface area contributed by atoms with Gasteiger partial charge in [-0.15, -0.1) is 12.4 Å². The number of nitrogens with one attached hydrogen (secondary N) is 1. The predicted molar refractivity (Wildman–Crippen MR) is 111 cm³/mol. The lowest BCUT2D eigenvalue weighted by Crippen LogP contribution is -2.42. The van der Waals surface area contributed by atoms with Crippen LogP contribution in [0, 0.1) is 0 Å². The normalized spacial score (nSPS) is 15.5. The molecule has 1 saturated heterocycles. The summed E-state index contributed by atoms with van der Waals surface area (Å²) in [5.74, 6) is -0.0234. The number of aryl methyl sites for hydroxylation is 1. The van der Waals surface area contributed by atoms with Gasteiger partial charge in [-0.2, -0.15) is 5.10 Å². The van der Waals surface area contributed by atoms with E-state index in [1.54, 1.807) is 47.1 Å². The number of hydrogen-bond donors (Lipinski definition) is 1. The second-order valence-corrected chi connectivity index (χ2v) is 7.08. The van der Waals surface area contributed by atoms with Gasteiger partial charge in [-0.3, -0.25) is 14.3 Å². The standard InChI is InChI=1S/C19H24ClN5O2.ClH/c1-21-17(15-12-22-23(2)13-15)19(27)25-9-3-8-24(10-11-25)18(26)14-4-6-16(20)7-5-14;/h4-7,12-13,17,21H,3,8-11H2,1-2H3;1H. The van der Waals surface area contributed by atoms with Gasteiger partial charge in [0.2, 0.25) is 5.91 Å². The van der Waals surface area contributed by atoms with Crippen LogP contribution in [0.2, 0.25) is 5.02 Å². The quantitative estimate of drug-likeness (QED) is 0.814. The molecule has 1 N–H and O–H groups in total. The molecular weight excluding hydrogens is 401 g/mol. The number of halogens is 2. The first-order valence-corrected chi connectivity index (χ1v) is 9.37. The number of rotatable bonds is 4. The van der Waals surface area contributed by atoms with Gasteiger partial charge in [0.15, 0.2) is 0 Å². The predicted octanol–water partition coefficient (Wildman–Crippen LogP) is 2.13. The monoisotopic (exact) mass is 425 g/mol. The first-order valence-electron chi connectivity index (χ1n) is 8.99. The van der Waals surface area contributed by atoms with Crippen molar-refractivity contribution in [2.24, 2.45) is 7.05 Å². The number of carbonyl (C=O) groups is 2. The Morgan fingerprint density at radius 3 is 2.36 bits per heavy atom. The maximum Gasteiger partial charge on any atom is 0.253 e. The van der Waals surface area contributed by atoms with Crippen LogP contribution >= 0.6 is 24.0 Å². The van der Waals surface area contributed by atoms with E-state index in [4.69, 9.17) is 11.6 Å². The molecule has 2 heterocycles. The van der Waals surface area contributed by atoms with Crippen LogP contribution in [-0.4, -0.2) is 64.6 Å². The van der Waals surface area contributed by atoms with Gasteiger partial charge in [0.1, 0.15) is 6.04 Å². The summed E-state index contributed by atoms with van der Waals surface area (Å²) < 4.78 is 1.68. The lowest BCUT2D eigenvalue weighted by molar-refractivity contribution is -0.133. The lowest BCUT2D eigenvalue weighted by atomic mass is 10.1. The zero-order valence-corrected chi connectivity index (χ0v) is 17.5. The Morgan fingerprint density at radius 2 is 1.75 bits per heavy atom. The van der Waals surface area contributed by atoms with E-state index in [0.717, 1.165) is 12.0 Å². The Morgan fingerprint density at radius 1 is 1.11 bits per heavy atom. The second kappa shape index (κ2) is 9.91. The van der Waals surface area contributed by atoms with Crippen LogP contribution in [0.3, 0.4) is 0 Å². The molecule has 0 radical (unpaired) electrons. The first kappa shape index (κ1) is 22.2. The molecule has 9 heteroatoms. The molecule has 1 aromatic heterocycles. The zero-order chi connectivity index (χ0) is 19.4. The molecule has 3 rings (SSSR count). The van der Waals surface area contributed by atoms with Gasteiger partial charge in [-0.1, -0.05) is 11.6 Å². The average Bonchev–Trinajstić information content (AvgIpc) is 2.94. The smallest absolute Gasteiger partial charge is 0.253 e. The van der Waals surface area contributed by atoms with Crippen LogP contribution in [0.5, 0.6) is 0 Å². The van der Waals surface area contributed by atoms with E-state index in [2.05, 4.69) is 10.4 Å². The summed E-state index contributed by atoms with van der Waals surface area (Å²) in [6.07, 6.45) is 4.29. The number of aromatic nitrogens is 2. The average molecular weight is 426 g/mol. The molecular formula is C19H25Cl2N5O2. The van der Waals surface area contributed by atoms with E-state index in [0.29, 0.717) is 36.8 Å². The van der Waals surface area contributed by atoms with E-state index in [-0.39, 0.29) is 24.2 Å². The van der Waals surface area contributed by atoms with Gasteiger partial charge in [-0.25, -0.2) is 0 Å². The lowest BCUT2D eigenvalue weighted by Gasteiger charge is -2.26. The molecule has 0 bridgehead atoms. The van der Waals surface area contributed by atoms with Crippen LogP contribution in [0.15, 0.2) is 36.7 Å². The molecule has 0 saturated carbocycles. The minimum Gasteiger partial charge on any atom is -0.339 e. The third kappa shape index (κ3) is 5.04. The number of benzene rings is 1. The Labute approximate surface area is 176 Å². The summed E-state index contributed by atoms with van der Waals surface area (Å²) in [6.45, 7) is 2.28. The molecule has 1 fully saturated rings. The molecule has 28 heavy (non-hydrogen) atoms. The van der Waals surface area contributed by atoms with Gasteiger partial charge in [0.25, 0.3) is 5.91 Å². The summed E-state index contributed by atoms with van der Waals surface area (Å²) in [5, 5.41) is 7.83. The Kier molecular flexibility index (Phi) is 7.86. The van der Waals surface area contributed by atoms with E-state index in [1.807, 2.05) is 18.1 Å². The van der Waals surface area contributed by atoms with Crippen molar-refractivity contribution in [1.29, 1.82) is 0 Å². The summed E-state index contributed by atoms with van der Waals surface area (Å²) in [6, 6.07) is 6.47. The molecule has 0 aliphatic carbocycles. The molecule has 1 aliphatic heterocycles. The Hall–Kier alpha value is -2.09. The maximum absolute atomic E-state index is 13.0. The minimum absolute atomic E-state index is 0. The topological polar surface area (TPSA) is 70.5 Å². The molecule has 1 aromatic carbocycles. The molecule has 7 nitrogen and oxygen atoms in total. The van der Waals surface area contributed by atoms with Crippen molar-refractivity contribution in [3.05, 3.63) is 52.8 Å². The molecule has 1 atom stereocenters. The fraction of sp³-hybridized carbons (Fsp3) is 0.421. The van der Waals surface area contributed by atoms with Crippen molar-refractivity contribution in [3.8, 4) is 0 Å². The van der Waals surface area contributed by atoms with E-state index >= 15 is 0 Å². The highest BCUT2D eigenvalue weighted by Crippen LogP contribution is 2.17. The highest BCUT2D eigenvalue weighted by molar-refractivity contribution is 6.30. The third-order valence-corrected chi connectivity index (χ3v) is 5.03. The van der Waals surface area contributed by atoms with Crippen molar-refractivity contribution >= 4 is 35.8 Å². The van der Waals surface area contributed by atoms with E-state index < -0.39 is 6.04 Å². The van der Waals surface area contributed by atoms with Crippen LogP contribution < -0.4 is 5.32 Å². The molecule has 1 aliphatic rings. The third-order valence-electron chi connectivity index (χ3n) is 4.78. The van der Waals surface area contributed by atoms with Gasteiger partial charge in [0, 0.05) is 55.6 Å². The number of nitrogens with zero attached hydrogens (tertiary/aromatic N) is 4. The van der Waals surface area contributed by atoms with E-state index in [1.165, 1.54) is 0 Å². The molecule has 2 aromatic rings. The number of carbonyl (C=O) groups excluding carboxylic acids is 2. The van der Waals surface area contributed by atoms with Crippen molar-refractivity contribution in [2.45, 2.75) is 12.5 Å². The van der Waals surface area contributed by atoms with Gasteiger partial charge >= 0.3 is 0 Å². The van der Waals surface area contributed by atoms with Crippen molar-refractivity contribution in [1.82, 2.24) is 24.9 Å². The number of amides is 2.